The number of hydrogen-bond acceptors (Lipinski definition) is 7. The molecule has 2 aliphatic heterocycles. The van der Waals surface area contributed by atoms with Gasteiger partial charge in [0.05, 0.1) is 45.6 Å². The standard InChI is InChI=1S/C39H45F3N8O2/c1-8-43-36(51)24-12-27(31(41)30(40)20(24)4)46-35-32-28(44-18-49(32)19(2)3)14-26(45-35)25-13-29-33(47-34(25)42)38(5,6)37(52)50(29)23-15-39(7,16-23)48-10-9-21-11-22(21)17-48/h12-14,18-19,21-23H,8-11,15-17H2,1-7H3,(H,43,51)(H,45,46)/t21?,22?,23-,39+. The van der Waals surface area contributed by atoms with Crippen LogP contribution >= 0.6 is 0 Å². The van der Waals surface area contributed by atoms with Gasteiger partial charge in [0.2, 0.25) is 11.9 Å². The summed E-state index contributed by atoms with van der Waals surface area (Å²) in [5, 5.41) is 5.55. The third kappa shape index (κ3) is 5.29. The predicted molar refractivity (Wildman–Crippen MR) is 193 cm³/mol. The number of pyridine rings is 2. The number of benzene rings is 1. The molecule has 0 bridgehead atoms. The van der Waals surface area contributed by atoms with E-state index < -0.39 is 28.9 Å². The summed E-state index contributed by atoms with van der Waals surface area (Å²) >= 11 is 0. The number of imidazole rings is 1. The number of nitrogens with zero attached hydrogens (tertiary/aromatic N) is 6. The number of piperidine rings is 1. The van der Waals surface area contributed by atoms with Gasteiger partial charge < -0.3 is 20.1 Å². The highest BCUT2D eigenvalue weighted by atomic mass is 19.2. The van der Waals surface area contributed by atoms with Gasteiger partial charge in [0.15, 0.2) is 17.5 Å². The molecular weight excluding hydrogens is 669 g/mol. The second kappa shape index (κ2) is 12.0. The van der Waals surface area contributed by atoms with Crippen molar-refractivity contribution in [1.29, 1.82) is 0 Å². The Labute approximate surface area is 301 Å². The zero-order valence-electron chi connectivity index (χ0n) is 30.7. The average Bonchev–Trinajstić information content (AvgIpc) is 3.69. The number of hydrogen-bond donors (Lipinski definition) is 2. The van der Waals surface area contributed by atoms with Crippen LogP contribution in [-0.2, 0) is 10.2 Å². The number of halogens is 3. The number of rotatable bonds is 8. The van der Waals surface area contributed by atoms with Crippen LogP contribution in [0.1, 0.15) is 94.9 Å². The molecule has 1 aromatic carbocycles. The van der Waals surface area contributed by atoms with E-state index in [1.165, 1.54) is 25.8 Å². The zero-order chi connectivity index (χ0) is 37.0. The normalized spacial score (nSPS) is 24.9. The van der Waals surface area contributed by atoms with E-state index in [4.69, 9.17) is 4.98 Å². The van der Waals surface area contributed by atoms with Crippen molar-refractivity contribution in [2.24, 2.45) is 11.8 Å². The van der Waals surface area contributed by atoms with Gasteiger partial charge in [-0.05, 0) is 111 Å². The summed E-state index contributed by atoms with van der Waals surface area (Å²) in [4.78, 5) is 45.0. The summed E-state index contributed by atoms with van der Waals surface area (Å²) < 4.78 is 48.8. The van der Waals surface area contributed by atoms with Crippen molar-refractivity contribution in [1.82, 2.24) is 29.7 Å². The van der Waals surface area contributed by atoms with Gasteiger partial charge >= 0.3 is 0 Å². The first-order chi connectivity index (χ1) is 24.6. The fourth-order valence-corrected chi connectivity index (χ4v) is 8.75. The zero-order valence-corrected chi connectivity index (χ0v) is 30.7. The van der Waals surface area contributed by atoms with E-state index in [1.54, 1.807) is 39.2 Å². The molecule has 10 nitrogen and oxygen atoms in total. The fourth-order valence-electron chi connectivity index (χ4n) is 8.75. The lowest BCUT2D eigenvalue weighted by atomic mass is 9.71. The van der Waals surface area contributed by atoms with Crippen LogP contribution in [0, 0.1) is 36.3 Å². The highest BCUT2D eigenvalue weighted by Gasteiger charge is 2.56. The van der Waals surface area contributed by atoms with Gasteiger partial charge in [-0.15, -0.1) is 0 Å². The van der Waals surface area contributed by atoms with Crippen LogP contribution < -0.4 is 15.5 Å². The first-order valence-electron chi connectivity index (χ1n) is 18.3. The molecule has 2 N–H and O–H groups in total. The average molecular weight is 715 g/mol. The number of nitrogens with one attached hydrogen (secondary N) is 2. The minimum Gasteiger partial charge on any atom is -0.352 e. The van der Waals surface area contributed by atoms with E-state index in [9.17, 15) is 9.59 Å². The Morgan fingerprint density at radius 3 is 2.50 bits per heavy atom. The highest BCUT2D eigenvalue weighted by Crippen LogP contribution is 2.53. The van der Waals surface area contributed by atoms with Crippen LogP contribution in [0.3, 0.4) is 0 Å². The topological polar surface area (TPSA) is 108 Å². The van der Waals surface area contributed by atoms with Crippen molar-refractivity contribution in [3.63, 3.8) is 0 Å². The van der Waals surface area contributed by atoms with E-state index in [1.807, 2.05) is 23.3 Å². The van der Waals surface area contributed by atoms with Gasteiger partial charge in [-0.1, -0.05) is 0 Å². The molecule has 13 heteroatoms. The Morgan fingerprint density at radius 2 is 1.81 bits per heavy atom. The second-order valence-electron chi connectivity index (χ2n) is 16.2. The largest absolute Gasteiger partial charge is 0.352 e. The quantitative estimate of drug-likeness (QED) is 0.186. The molecule has 3 aromatic heterocycles. The summed E-state index contributed by atoms with van der Waals surface area (Å²) in [7, 11) is 0. The molecule has 4 aromatic rings. The molecule has 274 valence electrons. The smallest absolute Gasteiger partial charge is 0.251 e. The maximum Gasteiger partial charge on any atom is 0.251 e. The molecule has 5 heterocycles. The van der Waals surface area contributed by atoms with Crippen LogP contribution in [0.25, 0.3) is 22.3 Å². The molecular formula is C39H45F3N8O2. The van der Waals surface area contributed by atoms with Gasteiger partial charge in [0.25, 0.3) is 5.91 Å². The molecule has 2 unspecified atom stereocenters. The minimum absolute atomic E-state index is 0.00585. The van der Waals surface area contributed by atoms with Crippen molar-refractivity contribution in [3.05, 3.63) is 58.9 Å². The summed E-state index contributed by atoms with van der Waals surface area (Å²) in [6, 6.07) is 4.38. The number of anilines is 3. The van der Waals surface area contributed by atoms with Gasteiger partial charge in [0, 0.05) is 41.8 Å². The maximum absolute atomic E-state index is 16.2. The third-order valence-corrected chi connectivity index (χ3v) is 12.0. The minimum atomic E-state index is -1.18. The summed E-state index contributed by atoms with van der Waals surface area (Å²) in [5.74, 6) is -2.04. The van der Waals surface area contributed by atoms with Crippen molar-refractivity contribution in [3.8, 4) is 11.3 Å². The molecule has 1 saturated heterocycles. The number of carbonyl (C=O) groups excluding carboxylic acids is 2. The maximum atomic E-state index is 16.2. The SMILES string of the molecule is CCNC(=O)c1cc(Nc2nc(-c3cc4c(nc3F)C(C)(C)C(=O)N4[C@H]3C[C@@](C)(N4CCC5CC5C4)C3)cc3ncn(C(C)C)c23)c(F)c(F)c1C. The fraction of sp³-hybridized carbons (Fsp3) is 0.513. The molecule has 2 saturated carbocycles. The van der Waals surface area contributed by atoms with E-state index in [0.29, 0.717) is 29.0 Å². The lowest BCUT2D eigenvalue weighted by Crippen LogP contribution is -2.64. The number of fused-ring (bicyclic) bond motifs is 3. The van der Waals surface area contributed by atoms with Crippen molar-refractivity contribution >= 4 is 40.0 Å². The van der Waals surface area contributed by atoms with Gasteiger partial charge in [0.1, 0.15) is 5.52 Å². The molecule has 3 fully saturated rings. The molecule has 2 amide bonds. The van der Waals surface area contributed by atoms with E-state index in [-0.39, 0.29) is 57.4 Å². The highest BCUT2D eigenvalue weighted by molar-refractivity contribution is 6.08. The van der Waals surface area contributed by atoms with Crippen LogP contribution in [0.5, 0.6) is 0 Å². The number of likely N-dealkylation sites (tertiary alicyclic amines) is 1. The summed E-state index contributed by atoms with van der Waals surface area (Å²) in [5.41, 5.74) is 0.567. The first-order valence-corrected chi connectivity index (χ1v) is 18.3. The van der Waals surface area contributed by atoms with Crippen LogP contribution in [0.2, 0.25) is 0 Å². The summed E-state index contributed by atoms with van der Waals surface area (Å²) in [6.07, 6.45) is 5.81. The Balaban J connectivity index is 1.20. The van der Waals surface area contributed by atoms with E-state index in [0.717, 1.165) is 37.8 Å². The lowest BCUT2D eigenvalue weighted by molar-refractivity contribution is -0.124. The van der Waals surface area contributed by atoms with Crippen molar-refractivity contribution < 1.29 is 22.8 Å². The number of aromatic nitrogens is 4. The van der Waals surface area contributed by atoms with Crippen molar-refractivity contribution in [2.75, 3.05) is 29.9 Å². The van der Waals surface area contributed by atoms with E-state index in [2.05, 4.69) is 32.4 Å². The Morgan fingerprint density at radius 1 is 1.06 bits per heavy atom. The molecule has 4 aliphatic rings. The van der Waals surface area contributed by atoms with Crippen LogP contribution in [-0.4, -0.2) is 67.4 Å². The molecule has 0 spiro atoms. The monoisotopic (exact) mass is 714 g/mol. The molecule has 2 aliphatic carbocycles. The number of amides is 2. The first kappa shape index (κ1) is 34.6. The molecule has 8 rings (SSSR count). The van der Waals surface area contributed by atoms with Crippen LogP contribution in [0.4, 0.5) is 30.4 Å². The van der Waals surface area contributed by atoms with Gasteiger partial charge in [-0.25, -0.2) is 23.7 Å². The third-order valence-electron chi connectivity index (χ3n) is 12.0. The lowest BCUT2D eigenvalue weighted by Gasteiger charge is -2.55. The van der Waals surface area contributed by atoms with Crippen LogP contribution in [0.15, 0.2) is 24.5 Å². The van der Waals surface area contributed by atoms with Gasteiger partial charge in [-0.3, -0.25) is 14.5 Å². The molecule has 0 radical (unpaired) electrons. The molecule has 2 atom stereocenters. The van der Waals surface area contributed by atoms with Crippen molar-refractivity contribution in [2.45, 2.75) is 97.2 Å². The Bertz CT molecular complexity index is 2160. The second-order valence-corrected chi connectivity index (χ2v) is 16.2. The Kier molecular flexibility index (Phi) is 7.98. The summed E-state index contributed by atoms with van der Waals surface area (Å²) in [6.45, 7) is 15.3. The number of carbonyl (C=O) groups is 2. The van der Waals surface area contributed by atoms with Gasteiger partial charge in [-0.2, -0.15) is 4.39 Å². The Hall–Kier alpha value is -4.52. The molecule has 52 heavy (non-hydrogen) atoms. The van der Waals surface area contributed by atoms with E-state index >= 15 is 13.2 Å². The predicted octanol–water partition coefficient (Wildman–Crippen LogP) is 7.18.